The van der Waals surface area contributed by atoms with Gasteiger partial charge in [-0.3, -0.25) is 0 Å². The zero-order valence-electron chi connectivity index (χ0n) is 10.4. The van der Waals surface area contributed by atoms with Gasteiger partial charge in [-0.25, -0.2) is 17.8 Å². The maximum Gasteiger partial charge on any atom is 0.263 e. The molecule has 2 saturated heterocycles. The van der Waals surface area contributed by atoms with Crippen LogP contribution in [0.3, 0.4) is 0 Å². The normalized spacial score (nSPS) is 28.3. The van der Waals surface area contributed by atoms with E-state index in [-0.39, 0.29) is 6.04 Å². The summed E-state index contributed by atoms with van der Waals surface area (Å²) in [5.41, 5.74) is 0. The Kier molecular flexibility index (Phi) is 3.28. The minimum Gasteiger partial charge on any atom is -0.312 e. The average molecular weight is 285 g/mol. The largest absolute Gasteiger partial charge is 0.312 e. The molecule has 3 heterocycles. The molecule has 2 unspecified atom stereocenters. The minimum atomic E-state index is -3.82. The van der Waals surface area contributed by atoms with Crippen LogP contribution in [-0.2, 0) is 10.0 Å². The number of hydrogen-bond donors (Lipinski definition) is 1. The van der Waals surface area contributed by atoms with Gasteiger partial charge in [-0.2, -0.15) is 4.31 Å². The molecule has 1 aromatic rings. The van der Waals surface area contributed by atoms with Gasteiger partial charge in [0.15, 0.2) is 5.82 Å². The topological polar surface area (TPSA) is 62.3 Å². The predicted octanol–water partition coefficient (Wildman–Crippen LogP) is 0.593. The lowest BCUT2D eigenvalue weighted by atomic mass is 9.94. The zero-order chi connectivity index (χ0) is 13.5. The van der Waals surface area contributed by atoms with Crippen molar-refractivity contribution in [1.29, 1.82) is 0 Å². The smallest absolute Gasteiger partial charge is 0.263 e. The monoisotopic (exact) mass is 285 g/mol. The first-order valence-electron chi connectivity index (χ1n) is 6.43. The highest BCUT2D eigenvalue weighted by Crippen LogP contribution is 2.29. The molecule has 2 fully saturated rings. The van der Waals surface area contributed by atoms with Crippen molar-refractivity contribution in [3.05, 3.63) is 24.1 Å². The molecular formula is C12H16FN3O2S. The first-order valence-corrected chi connectivity index (χ1v) is 7.87. The fourth-order valence-corrected chi connectivity index (χ4v) is 4.38. The van der Waals surface area contributed by atoms with Crippen molar-refractivity contribution >= 4 is 10.0 Å². The maximum atomic E-state index is 13.6. The number of aromatic nitrogens is 1. The minimum absolute atomic E-state index is 0.190. The maximum absolute atomic E-state index is 13.6. The lowest BCUT2D eigenvalue weighted by molar-refractivity contribution is 0.339. The molecule has 2 aliphatic heterocycles. The summed E-state index contributed by atoms with van der Waals surface area (Å²) < 4.78 is 39.8. The number of nitrogens with one attached hydrogen (secondary N) is 1. The summed E-state index contributed by atoms with van der Waals surface area (Å²) in [7, 11) is -3.82. The van der Waals surface area contributed by atoms with Crippen LogP contribution < -0.4 is 5.32 Å². The van der Waals surface area contributed by atoms with Crippen LogP contribution in [0.15, 0.2) is 23.4 Å². The van der Waals surface area contributed by atoms with Gasteiger partial charge in [0.05, 0.1) is 0 Å². The molecule has 0 radical (unpaired) electrons. The van der Waals surface area contributed by atoms with Crippen LogP contribution in [0.5, 0.6) is 0 Å². The van der Waals surface area contributed by atoms with E-state index in [1.54, 1.807) is 0 Å². The van der Waals surface area contributed by atoms with Crippen LogP contribution in [0.4, 0.5) is 4.39 Å². The third-order valence-corrected chi connectivity index (χ3v) is 5.64. The molecule has 0 aliphatic carbocycles. The Morgan fingerprint density at radius 1 is 1.42 bits per heavy atom. The highest BCUT2D eigenvalue weighted by molar-refractivity contribution is 7.89. The number of rotatable bonds is 2. The third kappa shape index (κ3) is 2.26. The summed E-state index contributed by atoms with van der Waals surface area (Å²) in [6, 6.07) is 2.70. The predicted molar refractivity (Wildman–Crippen MR) is 67.5 cm³/mol. The summed E-state index contributed by atoms with van der Waals surface area (Å²) >= 11 is 0. The molecule has 0 saturated carbocycles. The van der Waals surface area contributed by atoms with Gasteiger partial charge in [-0.1, -0.05) is 0 Å². The van der Waals surface area contributed by atoms with Crippen LogP contribution in [0.1, 0.15) is 12.8 Å². The molecule has 1 N–H and O–H groups in total. The second kappa shape index (κ2) is 4.81. The van der Waals surface area contributed by atoms with Gasteiger partial charge in [0.25, 0.3) is 10.0 Å². The van der Waals surface area contributed by atoms with Gasteiger partial charge in [0.1, 0.15) is 0 Å². The van der Waals surface area contributed by atoms with Gasteiger partial charge in [-0.15, -0.1) is 0 Å². The summed E-state index contributed by atoms with van der Waals surface area (Å²) in [6.07, 6.45) is 3.39. The molecule has 3 rings (SSSR count). The number of hydrogen-bond acceptors (Lipinski definition) is 4. The van der Waals surface area contributed by atoms with E-state index in [9.17, 15) is 12.8 Å². The van der Waals surface area contributed by atoms with Gasteiger partial charge >= 0.3 is 0 Å². The highest BCUT2D eigenvalue weighted by Gasteiger charge is 2.41. The van der Waals surface area contributed by atoms with Crippen LogP contribution in [0, 0.1) is 11.7 Å². The van der Waals surface area contributed by atoms with Gasteiger partial charge < -0.3 is 5.32 Å². The van der Waals surface area contributed by atoms with E-state index in [1.807, 2.05) is 0 Å². The Labute approximate surface area is 111 Å². The molecule has 7 heteroatoms. The summed E-state index contributed by atoms with van der Waals surface area (Å²) in [4.78, 5) is 3.69. The van der Waals surface area contributed by atoms with Crippen LogP contribution >= 0.6 is 0 Å². The molecule has 5 nitrogen and oxygen atoms in total. The standard InChI is InChI=1S/C12H16FN3O2S/c13-10-4-2-6-15-12(10)19(17,18)16-7-9-3-1-5-14-11(9)8-16/h2,4,6,9,11,14H,1,3,5,7-8H2. The molecule has 0 bridgehead atoms. The Hall–Kier alpha value is -1.05. The quantitative estimate of drug-likeness (QED) is 0.864. The molecule has 104 valence electrons. The third-order valence-electron chi connectivity index (χ3n) is 3.87. The van der Waals surface area contributed by atoms with E-state index in [1.165, 1.54) is 16.6 Å². The molecule has 19 heavy (non-hydrogen) atoms. The van der Waals surface area contributed by atoms with Gasteiger partial charge in [0, 0.05) is 25.3 Å². The number of piperidine rings is 1. The number of halogens is 1. The van der Waals surface area contributed by atoms with Crippen molar-refractivity contribution in [2.45, 2.75) is 23.9 Å². The fraction of sp³-hybridized carbons (Fsp3) is 0.583. The van der Waals surface area contributed by atoms with E-state index in [4.69, 9.17) is 0 Å². The Balaban J connectivity index is 1.88. The van der Waals surface area contributed by atoms with Crippen LogP contribution in [-0.4, -0.2) is 43.4 Å². The number of nitrogens with zero attached hydrogens (tertiary/aromatic N) is 2. The van der Waals surface area contributed by atoms with Crippen LogP contribution in [0.2, 0.25) is 0 Å². The van der Waals surface area contributed by atoms with E-state index in [0.29, 0.717) is 19.0 Å². The second-order valence-electron chi connectivity index (χ2n) is 5.08. The lowest BCUT2D eigenvalue weighted by Gasteiger charge is -2.24. The fourth-order valence-electron chi connectivity index (χ4n) is 2.89. The molecule has 2 aliphatic rings. The Morgan fingerprint density at radius 2 is 2.26 bits per heavy atom. The first-order chi connectivity index (χ1) is 9.09. The van der Waals surface area contributed by atoms with Crippen molar-refractivity contribution in [3.63, 3.8) is 0 Å². The van der Waals surface area contributed by atoms with E-state index < -0.39 is 20.9 Å². The lowest BCUT2D eigenvalue weighted by Crippen LogP contribution is -2.41. The summed E-state index contributed by atoms with van der Waals surface area (Å²) in [5, 5.41) is 2.86. The molecule has 0 aromatic carbocycles. The Bertz CT molecular complexity index is 564. The van der Waals surface area contributed by atoms with Gasteiger partial charge in [-0.05, 0) is 37.4 Å². The average Bonchev–Trinajstić information content (AvgIpc) is 2.83. The van der Waals surface area contributed by atoms with Crippen molar-refractivity contribution < 1.29 is 12.8 Å². The second-order valence-corrected chi connectivity index (χ2v) is 6.93. The number of sulfonamides is 1. The number of fused-ring (bicyclic) bond motifs is 1. The van der Waals surface area contributed by atoms with E-state index in [0.717, 1.165) is 25.5 Å². The zero-order valence-corrected chi connectivity index (χ0v) is 11.2. The van der Waals surface area contributed by atoms with E-state index in [2.05, 4.69) is 10.3 Å². The van der Waals surface area contributed by atoms with Crippen LogP contribution in [0.25, 0.3) is 0 Å². The molecular weight excluding hydrogens is 269 g/mol. The molecule has 0 amide bonds. The van der Waals surface area contributed by atoms with Crippen molar-refractivity contribution in [2.75, 3.05) is 19.6 Å². The van der Waals surface area contributed by atoms with Gasteiger partial charge in [0.2, 0.25) is 5.03 Å². The van der Waals surface area contributed by atoms with Crippen molar-refractivity contribution in [3.8, 4) is 0 Å². The summed E-state index contributed by atoms with van der Waals surface area (Å²) in [6.45, 7) is 1.78. The van der Waals surface area contributed by atoms with E-state index >= 15 is 0 Å². The Morgan fingerprint density at radius 3 is 3.00 bits per heavy atom. The summed E-state index contributed by atoms with van der Waals surface area (Å²) in [5.74, 6) is -0.458. The molecule has 1 aromatic heterocycles. The van der Waals surface area contributed by atoms with Crippen molar-refractivity contribution in [1.82, 2.24) is 14.6 Å². The SMILES string of the molecule is O=S(=O)(c1ncccc1F)N1CC2CCCNC2C1. The molecule has 2 atom stereocenters. The highest BCUT2D eigenvalue weighted by atomic mass is 32.2. The molecule has 0 spiro atoms. The van der Waals surface area contributed by atoms with Crippen molar-refractivity contribution in [2.24, 2.45) is 5.92 Å². The first kappa shape index (κ1) is 13.0. The number of pyridine rings is 1.